The van der Waals surface area contributed by atoms with Crippen LogP contribution in [0.25, 0.3) is 11.2 Å². The zero-order chi connectivity index (χ0) is 14.7. The van der Waals surface area contributed by atoms with Crippen LogP contribution in [-0.2, 0) is 6.61 Å². The largest absolute Gasteiger partial charge is 0.471 e. The molecule has 0 radical (unpaired) electrons. The minimum Gasteiger partial charge on any atom is -0.471 e. The summed E-state index contributed by atoms with van der Waals surface area (Å²) < 4.78 is 6.85. The lowest BCUT2D eigenvalue weighted by Crippen LogP contribution is -2.05. The number of imidazole rings is 1. The molecule has 108 valence electrons. The van der Waals surface area contributed by atoms with Gasteiger partial charge >= 0.3 is 0 Å². The Bertz CT molecular complexity index is 758. The zero-order valence-electron chi connectivity index (χ0n) is 11.4. The third-order valence-electron chi connectivity index (χ3n) is 2.91. The Balaban J connectivity index is 1.89. The van der Waals surface area contributed by atoms with E-state index in [0.29, 0.717) is 29.6 Å². The van der Waals surface area contributed by atoms with Crippen LogP contribution in [0.5, 0.6) is 5.88 Å². The minimum absolute atomic E-state index is 0.415. The highest BCUT2D eigenvalue weighted by Crippen LogP contribution is 2.23. The molecule has 0 aliphatic heterocycles. The van der Waals surface area contributed by atoms with Crippen molar-refractivity contribution in [1.82, 2.24) is 19.9 Å². The molecule has 2 N–H and O–H groups in total. The normalized spacial score (nSPS) is 10.8. The maximum Gasteiger partial charge on any atom is 0.245 e. The second kappa shape index (κ2) is 6.09. The summed E-state index contributed by atoms with van der Waals surface area (Å²) in [5.74, 6) is 1.00. The predicted molar refractivity (Wildman–Crippen MR) is 84.3 cm³/mol. The SMILES string of the molecule is CCNc1nc(OCc2ccccc2Br)c2[nH]cnc2n1. The lowest BCUT2D eigenvalue weighted by atomic mass is 10.2. The number of nitrogens with one attached hydrogen (secondary N) is 2. The maximum absolute atomic E-state index is 5.84. The van der Waals surface area contributed by atoms with Crippen molar-refractivity contribution < 1.29 is 4.74 Å². The van der Waals surface area contributed by atoms with E-state index >= 15 is 0 Å². The molecule has 0 fully saturated rings. The van der Waals surface area contributed by atoms with Gasteiger partial charge in [0.25, 0.3) is 0 Å². The van der Waals surface area contributed by atoms with Crippen molar-refractivity contribution in [3.05, 3.63) is 40.6 Å². The molecular weight excluding hydrogens is 334 g/mol. The quantitative estimate of drug-likeness (QED) is 0.741. The number of fused-ring (bicyclic) bond motifs is 1. The number of halogens is 1. The number of aromatic amines is 1. The first-order valence-corrected chi connectivity index (χ1v) is 7.38. The molecule has 3 aromatic rings. The number of anilines is 1. The molecule has 2 aromatic heterocycles. The van der Waals surface area contributed by atoms with Gasteiger partial charge in [0, 0.05) is 16.6 Å². The fourth-order valence-electron chi connectivity index (χ4n) is 1.91. The number of rotatable bonds is 5. The van der Waals surface area contributed by atoms with E-state index in [1.165, 1.54) is 0 Å². The van der Waals surface area contributed by atoms with Crippen LogP contribution in [0, 0.1) is 0 Å². The Hall–Kier alpha value is -2.15. The third-order valence-corrected chi connectivity index (χ3v) is 3.68. The summed E-state index contributed by atoms with van der Waals surface area (Å²) in [5, 5.41) is 3.07. The number of H-pyrrole nitrogens is 1. The van der Waals surface area contributed by atoms with E-state index in [4.69, 9.17) is 4.74 Å². The molecule has 0 atom stereocenters. The topological polar surface area (TPSA) is 75.7 Å². The summed E-state index contributed by atoms with van der Waals surface area (Å²) in [6.07, 6.45) is 1.58. The van der Waals surface area contributed by atoms with Crippen LogP contribution in [0.3, 0.4) is 0 Å². The first-order valence-electron chi connectivity index (χ1n) is 6.59. The summed E-state index contributed by atoms with van der Waals surface area (Å²) in [7, 11) is 0. The second-order valence-electron chi connectivity index (χ2n) is 4.36. The third kappa shape index (κ3) is 2.97. The lowest BCUT2D eigenvalue weighted by molar-refractivity contribution is 0.297. The number of hydrogen-bond donors (Lipinski definition) is 2. The van der Waals surface area contributed by atoms with Gasteiger partial charge in [0.15, 0.2) is 5.65 Å². The minimum atomic E-state index is 0.415. The Labute approximate surface area is 130 Å². The molecular formula is C14H14BrN5O. The molecule has 21 heavy (non-hydrogen) atoms. The van der Waals surface area contributed by atoms with E-state index < -0.39 is 0 Å². The van der Waals surface area contributed by atoms with Crippen LogP contribution < -0.4 is 10.1 Å². The summed E-state index contributed by atoms with van der Waals surface area (Å²) >= 11 is 3.51. The maximum atomic E-state index is 5.84. The molecule has 0 aliphatic rings. The van der Waals surface area contributed by atoms with Gasteiger partial charge in [0.1, 0.15) is 12.1 Å². The monoisotopic (exact) mass is 347 g/mol. The van der Waals surface area contributed by atoms with Crippen molar-refractivity contribution in [3.63, 3.8) is 0 Å². The zero-order valence-corrected chi connectivity index (χ0v) is 13.0. The van der Waals surface area contributed by atoms with Gasteiger partial charge in [0.05, 0.1) is 6.33 Å². The van der Waals surface area contributed by atoms with Gasteiger partial charge in [-0.2, -0.15) is 9.97 Å². The second-order valence-corrected chi connectivity index (χ2v) is 5.22. The molecule has 0 saturated carbocycles. The molecule has 7 heteroatoms. The summed E-state index contributed by atoms with van der Waals surface area (Å²) in [6, 6.07) is 7.92. The first-order chi connectivity index (χ1) is 10.3. The molecule has 6 nitrogen and oxygen atoms in total. The molecule has 0 amide bonds. The van der Waals surface area contributed by atoms with Gasteiger partial charge in [0.2, 0.25) is 11.8 Å². The van der Waals surface area contributed by atoms with E-state index in [1.807, 2.05) is 31.2 Å². The van der Waals surface area contributed by atoms with Gasteiger partial charge in [-0.15, -0.1) is 0 Å². The predicted octanol–water partition coefficient (Wildman–Crippen LogP) is 3.13. The van der Waals surface area contributed by atoms with Crippen molar-refractivity contribution in [2.75, 3.05) is 11.9 Å². The highest BCUT2D eigenvalue weighted by molar-refractivity contribution is 9.10. The molecule has 0 aliphatic carbocycles. The molecule has 0 saturated heterocycles. The van der Waals surface area contributed by atoms with Crippen molar-refractivity contribution in [1.29, 1.82) is 0 Å². The molecule has 3 rings (SSSR count). The van der Waals surface area contributed by atoms with Crippen LogP contribution >= 0.6 is 15.9 Å². The van der Waals surface area contributed by atoms with Crippen LogP contribution in [-0.4, -0.2) is 26.5 Å². The smallest absolute Gasteiger partial charge is 0.245 e. The summed E-state index contributed by atoms with van der Waals surface area (Å²) in [6.45, 7) is 3.14. The van der Waals surface area contributed by atoms with Gasteiger partial charge in [-0.1, -0.05) is 34.1 Å². The van der Waals surface area contributed by atoms with Gasteiger partial charge in [-0.05, 0) is 13.0 Å². The highest BCUT2D eigenvalue weighted by Gasteiger charge is 2.11. The van der Waals surface area contributed by atoms with Gasteiger partial charge in [-0.25, -0.2) is 4.98 Å². The van der Waals surface area contributed by atoms with Crippen LogP contribution in [0.1, 0.15) is 12.5 Å². The first kappa shape index (κ1) is 13.8. The molecule has 0 bridgehead atoms. The number of aromatic nitrogens is 4. The van der Waals surface area contributed by atoms with Crippen molar-refractivity contribution in [3.8, 4) is 5.88 Å². The Kier molecular flexibility index (Phi) is 4.01. The average molecular weight is 348 g/mol. The van der Waals surface area contributed by atoms with E-state index in [2.05, 4.69) is 41.2 Å². The summed E-state index contributed by atoms with van der Waals surface area (Å²) in [4.78, 5) is 15.8. The fraction of sp³-hybridized carbons (Fsp3) is 0.214. The van der Waals surface area contributed by atoms with Gasteiger partial charge in [-0.3, -0.25) is 0 Å². The van der Waals surface area contributed by atoms with E-state index in [-0.39, 0.29) is 0 Å². The standard InChI is InChI=1S/C14H14BrN5O/c1-2-16-14-19-12-11(17-8-18-12)13(20-14)21-7-9-5-3-4-6-10(9)15/h3-6,8H,2,7H2,1H3,(H2,16,17,18,19,20). The highest BCUT2D eigenvalue weighted by atomic mass is 79.9. The van der Waals surface area contributed by atoms with Crippen molar-refractivity contribution in [2.45, 2.75) is 13.5 Å². The van der Waals surface area contributed by atoms with Gasteiger partial charge < -0.3 is 15.0 Å². The molecule has 1 aromatic carbocycles. The number of hydrogen-bond acceptors (Lipinski definition) is 5. The van der Waals surface area contributed by atoms with Crippen LogP contribution in [0.15, 0.2) is 35.1 Å². The lowest BCUT2D eigenvalue weighted by Gasteiger charge is -2.09. The van der Waals surface area contributed by atoms with Crippen molar-refractivity contribution >= 4 is 33.0 Å². The number of nitrogens with zero attached hydrogens (tertiary/aromatic N) is 3. The molecule has 2 heterocycles. The van der Waals surface area contributed by atoms with Crippen LogP contribution in [0.2, 0.25) is 0 Å². The average Bonchev–Trinajstić information content (AvgIpc) is 2.95. The van der Waals surface area contributed by atoms with E-state index in [9.17, 15) is 0 Å². The van der Waals surface area contributed by atoms with E-state index in [0.717, 1.165) is 16.6 Å². The van der Waals surface area contributed by atoms with Crippen LogP contribution in [0.4, 0.5) is 5.95 Å². The Morgan fingerprint density at radius 2 is 2.14 bits per heavy atom. The van der Waals surface area contributed by atoms with Crippen molar-refractivity contribution in [2.24, 2.45) is 0 Å². The number of ether oxygens (including phenoxy) is 1. The molecule has 0 unspecified atom stereocenters. The molecule has 0 spiro atoms. The fourth-order valence-corrected chi connectivity index (χ4v) is 2.31. The van der Waals surface area contributed by atoms with E-state index in [1.54, 1.807) is 6.33 Å². The Morgan fingerprint density at radius 3 is 2.95 bits per heavy atom. The Morgan fingerprint density at radius 1 is 1.29 bits per heavy atom. The number of benzene rings is 1. The summed E-state index contributed by atoms with van der Waals surface area (Å²) in [5.41, 5.74) is 2.33.